The molecule has 4 aromatic rings. The van der Waals surface area contributed by atoms with Gasteiger partial charge < -0.3 is 0 Å². The normalized spacial score (nSPS) is 11.2. The first-order valence-electron chi connectivity index (χ1n) is 12.0. The lowest BCUT2D eigenvalue weighted by Gasteiger charge is -2.09. The fraction of sp³-hybridized carbons (Fsp3) is 0.300. The number of nitrogens with zero attached hydrogens (tertiary/aromatic N) is 1. The van der Waals surface area contributed by atoms with E-state index in [0.717, 1.165) is 35.9 Å². The molecule has 0 atom stereocenters. The summed E-state index contributed by atoms with van der Waals surface area (Å²) in [4.78, 5) is 4.63. The zero-order chi connectivity index (χ0) is 23.0. The Balaban J connectivity index is 1.37. The van der Waals surface area contributed by atoms with Crippen LogP contribution >= 0.6 is 0 Å². The van der Waals surface area contributed by atoms with E-state index in [2.05, 4.69) is 30.1 Å². The third kappa shape index (κ3) is 6.25. The summed E-state index contributed by atoms with van der Waals surface area (Å²) in [6.45, 7) is 2.22. The van der Waals surface area contributed by atoms with E-state index in [4.69, 9.17) is 0 Å². The van der Waals surface area contributed by atoms with Gasteiger partial charge >= 0.3 is 0 Å². The lowest BCUT2D eigenvalue weighted by atomic mass is 9.98. The monoisotopic (exact) mass is 443 g/mol. The topological polar surface area (TPSA) is 12.9 Å². The Morgan fingerprint density at radius 2 is 1.42 bits per heavy atom. The molecule has 0 saturated heterocycles. The molecule has 0 spiro atoms. The van der Waals surface area contributed by atoms with Crippen molar-refractivity contribution in [2.45, 2.75) is 58.3 Å². The molecule has 0 saturated carbocycles. The van der Waals surface area contributed by atoms with Crippen molar-refractivity contribution in [2.75, 3.05) is 0 Å². The van der Waals surface area contributed by atoms with E-state index in [-0.39, 0.29) is 11.6 Å². The second-order valence-electron chi connectivity index (χ2n) is 8.84. The van der Waals surface area contributed by atoms with E-state index in [0.29, 0.717) is 23.8 Å². The molecule has 0 aliphatic carbocycles. The summed E-state index contributed by atoms with van der Waals surface area (Å²) in [7, 11) is 0. The first-order valence-corrected chi connectivity index (χ1v) is 12.0. The Hall–Kier alpha value is -3.07. The van der Waals surface area contributed by atoms with Crippen molar-refractivity contribution in [1.29, 1.82) is 0 Å². The molecular weight excluding hydrogens is 412 g/mol. The molecule has 0 aliphatic heterocycles. The van der Waals surface area contributed by atoms with Gasteiger partial charge in [0.15, 0.2) is 0 Å². The zero-order valence-corrected chi connectivity index (χ0v) is 19.3. The predicted octanol–water partition coefficient (Wildman–Crippen LogP) is 7.82. The maximum atomic E-state index is 15.1. The van der Waals surface area contributed by atoms with Gasteiger partial charge in [-0.05, 0) is 84.4 Å². The summed E-state index contributed by atoms with van der Waals surface area (Å²) in [5.41, 5.74) is 5.30. The molecule has 4 rings (SSSR count). The maximum absolute atomic E-state index is 15.1. The summed E-state index contributed by atoms with van der Waals surface area (Å²) in [5, 5.41) is 1.58. The number of hydrogen-bond donors (Lipinski definition) is 0. The lowest BCUT2D eigenvalue weighted by Crippen LogP contribution is -1.98. The minimum atomic E-state index is -0.248. The van der Waals surface area contributed by atoms with Crippen LogP contribution in [0.15, 0.2) is 72.9 Å². The molecule has 1 nitrogen and oxygen atoms in total. The van der Waals surface area contributed by atoms with Crippen molar-refractivity contribution in [1.82, 2.24) is 4.98 Å². The first kappa shape index (κ1) is 23.1. The molecule has 1 aromatic heterocycles. The van der Waals surface area contributed by atoms with Crippen LogP contribution in [0.4, 0.5) is 8.78 Å². The third-order valence-electron chi connectivity index (χ3n) is 6.32. The summed E-state index contributed by atoms with van der Waals surface area (Å²) < 4.78 is 28.2. The van der Waals surface area contributed by atoms with Gasteiger partial charge in [-0.25, -0.2) is 8.78 Å². The number of fused-ring (bicyclic) bond motifs is 1. The minimum Gasteiger partial charge on any atom is -0.261 e. The summed E-state index contributed by atoms with van der Waals surface area (Å²) in [5.74, 6) is -0.400. The van der Waals surface area contributed by atoms with Crippen LogP contribution in [0.2, 0.25) is 0 Å². The van der Waals surface area contributed by atoms with Gasteiger partial charge in [0.05, 0.1) is 0 Å². The van der Waals surface area contributed by atoms with E-state index in [1.165, 1.54) is 42.5 Å². The summed E-state index contributed by atoms with van der Waals surface area (Å²) in [6.07, 6.45) is 9.86. The van der Waals surface area contributed by atoms with Gasteiger partial charge in [-0.3, -0.25) is 4.98 Å². The van der Waals surface area contributed by atoms with Crippen LogP contribution in [0.1, 0.15) is 54.1 Å². The van der Waals surface area contributed by atoms with E-state index >= 15 is 4.39 Å². The standard InChI is InChI=1S/C30H31F2N/c1-2-3-4-5-24-10-18-28(33-21-24)17-9-23-11-19-29-26(20-23)14-13-25(30(29)32)12-6-22-7-15-27(31)16-8-22/h7-8,10-11,13-16,18-21H,2-6,9,12,17H2,1H3. The van der Waals surface area contributed by atoms with Crippen molar-refractivity contribution in [3.63, 3.8) is 0 Å². The second kappa shape index (κ2) is 11.2. The Kier molecular flexibility index (Phi) is 7.83. The zero-order valence-electron chi connectivity index (χ0n) is 19.3. The van der Waals surface area contributed by atoms with Crippen LogP contribution < -0.4 is 0 Å². The van der Waals surface area contributed by atoms with Gasteiger partial charge in [0, 0.05) is 17.3 Å². The van der Waals surface area contributed by atoms with Gasteiger partial charge in [0.2, 0.25) is 0 Å². The number of hydrogen-bond acceptors (Lipinski definition) is 1. The van der Waals surface area contributed by atoms with E-state index < -0.39 is 0 Å². The average molecular weight is 444 g/mol. The molecule has 0 radical (unpaired) electrons. The quantitative estimate of drug-likeness (QED) is 0.228. The maximum Gasteiger partial charge on any atom is 0.134 e. The lowest BCUT2D eigenvalue weighted by molar-refractivity contribution is 0.619. The van der Waals surface area contributed by atoms with Crippen molar-refractivity contribution >= 4 is 10.8 Å². The van der Waals surface area contributed by atoms with Crippen LogP contribution in [0.25, 0.3) is 10.8 Å². The Labute approximate surface area is 195 Å². The number of benzene rings is 3. The van der Waals surface area contributed by atoms with Crippen molar-refractivity contribution in [2.24, 2.45) is 0 Å². The molecular formula is C30H31F2N. The van der Waals surface area contributed by atoms with Gasteiger partial charge in [-0.2, -0.15) is 0 Å². The SMILES string of the molecule is CCCCCc1ccc(CCc2ccc3c(F)c(CCc4ccc(F)cc4)ccc3c2)nc1. The van der Waals surface area contributed by atoms with Gasteiger partial charge in [-0.1, -0.05) is 68.3 Å². The fourth-order valence-electron chi connectivity index (χ4n) is 4.27. The Morgan fingerprint density at radius 3 is 2.18 bits per heavy atom. The summed E-state index contributed by atoms with van der Waals surface area (Å²) in [6, 6.07) is 20.6. The smallest absolute Gasteiger partial charge is 0.134 e. The first-order chi connectivity index (χ1) is 16.1. The molecule has 1 heterocycles. The number of unbranched alkanes of at least 4 members (excludes halogenated alkanes) is 2. The van der Waals surface area contributed by atoms with Crippen LogP contribution in [-0.2, 0) is 32.1 Å². The minimum absolute atomic E-state index is 0.151. The molecule has 170 valence electrons. The average Bonchev–Trinajstić information content (AvgIpc) is 2.84. The molecule has 3 heteroatoms. The summed E-state index contributed by atoms with van der Waals surface area (Å²) >= 11 is 0. The van der Waals surface area contributed by atoms with Crippen LogP contribution in [0, 0.1) is 11.6 Å². The number of halogens is 2. The highest BCUT2D eigenvalue weighted by atomic mass is 19.1. The Bertz CT molecular complexity index is 1180. The highest BCUT2D eigenvalue weighted by Crippen LogP contribution is 2.24. The molecule has 3 aromatic carbocycles. The number of rotatable bonds is 10. The second-order valence-corrected chi connectivity index (χ2v) is 8.84. The largest absolute Gasteiger partial charge is 0.261 e. The van der Waals surface area contributed by atoms with Crippen molar-refractivity contribution in [3.8, 4) is 0 Å². The highest BCUT2D eigenvalue weighted by Gasteiger charge is 2.09. The number of aromatic nitrogens is 1. The molecule has 0 bridgehead atoms. The predicted molar refractivity (Wildman–Crippen MR) is 133 cm³/mol. The van der Waals surface area contributed by atoms with Crippen molar-refractivity contribution < 1.29 is 8.78 Å². The van der Waals surface area contributed by atoms with Crippen LogP contribution in [-0.4, -0.2) is 4.98 Å². The number of aryl methyl sites for hydroxylation is 5. The molecule has 0 fully saturated rings. The van der Waals surface area contributed by atoms with Gasteiger partial charge in [0.1, 0.15) is 11.6 Å². The molecule has 0 unspecified atom stereocenters. The van der Waals surface area contributed by atoms with E-state index in [9.17, 15) is 4.39 Å². The molecule has 0 N–H and O–H groups in total. The van der Waals surface area contributed by atoms with Crippen LogP contribution in [0.3, 0.4) is 0 Å². The fourth-order valence-corrected chi connectivity index (χ4v) is 4.27. The van der Waals surface area contributed by atoms with Crippen LogP contribution in [0.5, 0.6) is 0 Å². The molecule has 33 heavy (non-hydrogen) atoms. The highest BCUT2D eigenvalue weighted by molar-refractivity contribution is 5.84. The molecule has 0 aliphatic rings. The Morgan fingerprint density at radius 1 is 0.667 bits per heavy atom. The number of pyridine rings is 1. The van der Waals surface area contributed by atoms with Crippen molar-refractivity contribution in [3.05, 3.63) is 113 Å². The van der Waals surface area contributed by atoms with E-state index in [1.54, 1.807) is 12.1 Å². The third-order valence-corrected chi connectivity index (χ3v) is 6.32. The van der Waals surface area contributed by atoms with Gasteiger partial charge in [-0.15, -0.1) is 0 Å². The van der Waals surface area contributed by atoms with Gasteiger partial charge in [0.25, 0.3) is 0 Å². The van der Waals surface area contributed by atoms with E-state index in [1.807, 2.05) is 30.5 Å². The molecule has 0 amide bonds.